The van der Waals surface area contributed by atoms with Crippen LogP contribution in [0.1, 0.15) is 61.8 Å². The Morgan fingerprint density at radius 1 is 1.08 bits per heavy atom. The highest BCUT2D eigenvalue weighted by molar-refractivity contribution is 6.05. The van der Waals surface area contributed by atoms with Gasteiger partial charge in [-0.05, 0) is 76.4 Å². The van der Waals surface area contributed by atoms with E-state index < -0.39 is 0 Å². The zero-order chi connectivity index (χ0) is 18.0. The molecule has 2 aromatic rings. The SMILES string of the molecule is CC1=C(CCC#N)c2cc(F)ccc2C1=Cc1ccc(C(C)C)cc1. The van der Waals surface area contributed by atoms with Gasteiger partial charge in [0.15, 0.2) is 0 Å². The number of halogens is 1. The number of fused-ring (bicyclic) bond motifs is 1. The first-order chi connectivity index (χ1) is 12.0. The van der Waals surface area contributed by atoms with Gasteiger partial charge < -0.3 is 0 Å². The van der Waals surface area contributed by atoms with Crippen molar-refractivity contribution >= 4 is 17.2 Å². The molecule has 2 heteroatoms. The minimum atomic E-state index is -0.233. The highest BCUT2D eigenvalue weighted by atomic mass is 19.1. The zero-order valence-electron chi connectivity index (χ0n) is 14.9. The highest BCUT2D eigenvalue weighted by Gasteiger charge is 2.23. The van der Waals surface area contributed by atoms with E-state index in [0.717, 1.165) is 33.4 Å². The molecule has 0 radical (unpaired) electrons. The summed E-state index contributed by atoms with van der Waals surface area (Å²) >= 11 is 0. The standard InChI is InChI=1S/C23H22FN/c1-15(2)18-8-6-17(7-9-18)13-22-16(3)20(5-4-12-25)23-14-19(24)10-11-21(22)23/h6-11,13-15H,4-5H2,1-3H3. The molecule has 0 heterocycles. The monoisotopic (exact) mass is 331 g/mol. The molecule has 3 rings (SSSR count). The van der Waals surface area contributed by atoms with Crippen molar-refractivity contribution < 1.29 is 4.39 Å². The second-order valence-corrected chi connectivity index (χ2v) is 6.83. The quantitative estimate of drug-likeness (QED) is 0.620. The van der Waals surface area contributed by atoms with Crippen molar-refractivity contribution in [2.24, 2.45) is 0 Å². The molecule has 0 saturated carbocycles. The van der Waals surface area contributed by atoms with Gasteiger partial charge in [-0.2, -0.15) is 5.26 Å². The molecule has 1 aliphatic rings. The molecule has 0 saturated heterocycles. The van der Waals surface area contributed by atoms with Crippen LogP contribution in [0.2, 0.25) is 0 Å². The lowest BCUT2D eigenvalue weighted by molar-refractivity contribution is 0.627. The maximum absolute atomic E-state index is 13.8. The molecule has 0 fully saturated rings. The maximum atomic E-state index is 13.8. The molecule has 25 heavy (non-hydrogen) atoms. The Morgan fingerprint density at radius 2 is 1.80 bits per heavy atom. The van der Waals surface area contributed by atoms with Crippen molar-refractivity contribution in [3.05, 3.63) is 76.1 Å². The second-order valence-electron chi connectivity index (χ2n) is 6.83. The fourth-order valence-electron chi connectivity index (χ4n) is 3.40. The minimum Gasteiger partial charge on any atom is -0.207 e. The number of hydrogen-bond donors (Lipinski definition) is 0. The van der Waals surface area contributed by atoms with E-state index in [0.29, 0.717) is 18.8 Å². The fourth-order valence-corrected chi connectivity index (χ4v) is 3.40. The van der Waals surface area contributed by atoms with Crippen LogP contribution in [0.15, 0.2) is 48.0 Å². The summed E-state index contributed by atoms with van der Waals surface area (Å²) in [6, 6.07) is 15.7. The summed E-state index contributed by atoms with van der Waals surface area (Å²) in [5, 5.41) is 8.93. The lowest BCUT2D eigenvalue weighted by Gasteiger charge is -2.07. The van der Waals surface area contributed by atoms with E-state index in [1.165, 1.54) is 11.6 Å². The fraction of sp³-hybridized carbons (Fsp3) is 0.261. The molecule has 0 spiro atoms. The van der Waals surface area contributed by atoms with E-state index in [-0.39, 0.29) is 5.82 Å². The summed E-state index contributed by atoms with van der Waals surface area (Å²) in [7, 11) is 0. The molecular formula is C23H22FN. The van der Waals surface area contributed by atoms with Gasteiger partial charge in [0.1, 0.15) is 5.82 Å². The Hall–Kier alpha value is -2.66. The third-order valence-electron chi connectivity index (χ3n) is 4.85. The van der Waals surface area contributed by atoms with Gasteiger partial charge in [0, 0.05) is 6.42 Å². The average molecular weight is 331 g/mol. The van der Waals surface area contributed by atoms with E-state index in [1.54, 1.807) is 6.07 Å². The Labute approximate surface area is 149 Å². The first-order valence-electron chi connectivity index (χ1n) is 8.70. The minimum absolute atomic E-state index is 0.233. The third-order valence-corrected chi connectivity index (χ3v) is 4.85. The molecule has 0 unspecified atom stereocenters. The first kappa shape index (κ1) is 17.2. The van der Waals surface area contributed by atoms with Gasteiger partial charge in [-0.3, -0.25) is 0 Å². The molecule has 1 nitrogen and oxygen atoms in total. The first-order valence-corrected chi connectivity index (χ1v) is 8.70. The predicted octanol–water partition coefficient (Wildman–Crippen LogP) is 6.58. The van der Waals surface area contributed by atoms with Gasteiger partial charge in [0.2, 0.25) is 0 Å². The van der Waals surface area contributed by atoms with Crippen LogP contribution >= 0.6 is 0 Å². The van der Waals surface area contributed by atoms with Crippen LogP contribution in [0.4, 0.5) is 4.39 Å². The van der Waals surface area contributed by atoms with Gasteiger partial charge in [-0.25, -0.2) is 4.39 Å². The summed E-state index contributed by atoms with van der Waals surface area (Å²) in [5.74, 6) is 0.277. The van der Waals surface area contributed by atoms with E-state index in [2.05, 4.69) is 57.2 Å². The van der Waals surface area contributed by atoms with E-state index in [9.17, 15) is 4.39 Å². The number of allylic oxidation sites excluding steroid dienone is 3. The van der Waals surface area contributed by atoms with Crippen LogP contribution in [0.25, 0.3) is 17.2 Å². The van der Waals surface area contributed by atoms with Crippen LogP contribution in [0.3, 0.4) is 0 Å². The van der Waals surface area contributed by atoms with Gasteiger partial charge in [-0.15, -0.1) is 0 Å². The van der Waals surface area contributed by atoms with Crippen LogP contribution in [0.5, 0.6) is 0 Å². The molecule has 126 valence electrons. The van der Waals surface area contributed by atoms with E-state index >= 15 is 0 Å². The van der Waals surface area contributed by atoms with Gasteiger partial charge in [-0.1, -0.05) is 44.2 Å². The molecular weight excluding hydrogens is 309 g/mol. The van der Waals surface area contributed by atoms with Crippen LogP contribution < -0.4 is 0 Å². The topological polar surface area (TPSA) is 23.8 Å². The largest absolute Gasteiger partial charge is 0.207 e. The average Bonchev–Trinajstić information content (AvgIpc) is 2.84. The van der Waals surface area contributed by atoms with Crippen molar-refractivity contribution in [2.75, 3.05) is 0 Å². The predicted molar refractivity (Wildman–Crippen MR) is 102 cm³/mol. The van der Waals surface area contributed by atoms with Crippen molar-refractivity contribution in [2.45, 2.75) is 39.5 Å². The molecule has 2 aromatic carbocycles. The van der Waals surface area contributed by atoms with E-state index in [1.807, 2.05) is 6.07 Å². The van der Waals surface area contributed by atoms with Crippen molar-refractivity contribution in [3.8, 4) is 6.07 Å². The van der Waals surface area contributed by atoms with E-state index in [4.69, 9.17) is 5.26 Å². The molecule has 0 amide bonds. The third kappa shape index (κ3) is 3.42. The number of nitrogens with zero attached hydrogens (tertiary/aromatic N) is 1. The van der Waals surface area contributed by atoms with Crippen LogP contribution in [-0.4, -0.2) is 0 Å². The number of rotatable bonds is 4. The summed E-state index contributed by atoms with van der Waals surface area (Å²) in [6.45, 7) is 6.44. The molecule has 0 bridgehead atoms. The smallest absolute Gasteiger partial charge is 0.123 e. The van der Waals surface area contributed by atoms with Crippen LogP contribution in [-0.2, 0) is 0 Å². The van der Waals surface area contributed by atoms with Crippen molar-refractivity contribution in [3.63, 3.8) is 0 Å². The van der Waals surface area contributed by atoms with Gasteiger partial charge >= 0.3 is 0 Å². The summed E-state index contributed by atoms with van der Waals surface area (Å²) < 4.78 is 13.8. The number of hydrogen-bond acceptors (Lipinski definition) is 1. The van der Waals surface area contributed by atoms with Crippen LogP contribution in [0, 0.1) is 17.1 Å². The number of benzene rings is 2. The van der Waals surface area contributed by atoms with Crippen molar-refractivity contribution in [1.82, 2.24) is 0 Å². The zero-order valence-corrected chi connectivity index (χ0v) is 14.9. The summed E-state index contributed by atoms with van der Waals surface area (Å²) in [5.41, 5.74) is 7.79. The maximum Gasteiger partial charge on any atom is 0.123 e. The molecule has 0 aliphatic heterocycles. The summed E-state index contributed by atoms with van der Waals surface area (Å²) in [4.78, 5) is 0. The Kier molecular flexibility index (Phi) is 4.86. The lowest BCUT2D eigenvalue weighted by Crippen LogP contribution is -1.88. The second kappa shape index (κ2) is 7.07. The van der Waals surface area contributed by atoms with Crippen molar-refractivity contribution in [1.29, 1.82) is 5.26 Å². The summed E-state index contributed by atoms with van der Waals surface area (Å²) in [6.07, 6.45) is 3.26. The lowest BCUT2D eigenvalue weighted by atomic mass is 9.98. The number of nitriles is 1. The Morgan fingerprint density at radius 3 is 2.44 bits per heavy atom. The molecule has 0 atom stereocenters. The molecule has 1 aliphatic carbocycles. The normalized spacial score (nSPS) is 15.0. The Balaban J connectivity index is 2.06. The highest BCUT2D eigenvalue weighted by Crippen LogP contribution is 2.44. The van der Waals surface area contributed by atoms with Gasteiger partial charge in [0.25, 0.3) is 0 Å². The molecule has 0 N–H and O–H groups in total. The van der Waals surface area contributed by atoms with Gasteiger partial charge in [0.05, 0.1) is 6.07 Å². The Bertz CT molecular complexity index is 893. The molecule has 0 aromatic heterocycles.